The molecular weight excluding hydrogens is 350 g/mol. The number of rotatable bonds is 3. The fourth-order valence-corrected chi connectivity index (χ4v) is 3.85. The predicted molar refractivity (Wildman–Crippen MR) is 104 cm³/mol. The van der Waals surface area contributed by atoms with E-state index in [1.807, 2.05) is 25.1 Å². The maximum atomic E-state index is 13.9. The van der Waals surface area contributed by atoms with Gasteiger partial charge in [0, 0.05) is 32.4 Å². The fourth-order valence-electron chi connectivity index (χ4n) is 2.72. The van der Waals surface area contributed by atoms with Crippen LogP contribution in [0.2, 0.25) is 0 Å². The molecule has 0 unspecified atom stereocenters. The Morgan fingerprint density at radius 3 is 2.54 bits per heavy atom. The third-order valence-electron chi connectivity index (χ3n) is 3.92. The first-order valence-corrected chi connectivity index (χ1v) is 9.11. The van der Waals surface area contributed by atoms with Crippen molar-refractivity contribution in [1.29, 1.82) is 5.41 Å². The summed E-state index contributed by atoms with van der Waals surface area (Å²) in [6, 6.07) is 10.1. The highest BCUT2D eigenvalue weighted by Crippen LogP contribution is 2.37. The van der Waals surface area contributed by atoms with Gasteiger partial charge in [-0.15, -0.1) is 11.8 Å². The average Bonchev–Trinajstić information content (AvgIpc) is 2.58. The number of fused-ring (bicyclic) bond motifs is 1. The third kappa shape index (κ3) is 3.63. The van der Waals surface area contributed by atoms with Crippen LogP contribution in [0.1, 0.15) is 37.5 Å². The summed E-state index contributed by atoms with van der Waals surface area (Å²) >= 11 is 1.71. The molecule has 0 atom stereocenters. The number of thioether (sulfide) groups is 1. The molecule has 134 valence electrons. The Balaban J connectivity index is 2.09. The van der Waals surface area contributed by atoms with Gasteiger partial charge in [-0.25, -0.2) is 8.78 Å². The summed E-state index contributed by atoms with van der Waals surface area (Å²) < 4.78 is 27.2. The molecule has 5 heteroatoms. The van der Waals surface area contributed by atoms with Crippen LogP contribution in [0.5, 0.6) is 0 Å². The van der Waals surface area contributed by atoms with E-state index in [-0.39, 0.29) is 10.3 Å². The van der Waals surface area contributed by atoms with Crippen LogP contribution in [-0.2, 0) is 0 Å². The summed E-state index contributed by atoms with van der Waals surface area (Å²) in [4.78, 5) is 5.10. The second-order valence-electron chi connectivity index (χ2n) is 7.20. The van der Waals surface area contributed by atoms with Crippen molar-refractivity contribution in [3.63, 3.8) is 0 Å². The van der Waals surface area contributed by atoms with Gasteiger partial charge in [-0.05, 0) is 30.7 Å². The largest absolute Gasteiger partial charge is 0.300 e. The van der Waals surface area contributed by atoms with Crippen LogP contribution in [-0.4, -0.2) is 15.4 Å². The van der Waals surface area contributed by atoms with Gasteiger partial charge in [0.1, 0.15) is 5.52 Å². The van der Waals surface area contributed by atoms with Crippen molar-refractivity contribution in [3.05, 3.63) is 70.9 Å². The average molecular weight is 370 g/mol. The molecule has 0 aliphatic rings. The lowest BCUT2D eigenvalue weighted by Gasteiger charge is -2.22. The first-order chi connectivity index (χ1) is 12.2. The van der Waals surface area contributed by atoms with E-state index in [1.165, 1.54) is 12.3 Å². The van der Waals surface area contributed by atoms with Crippen molar-refractivity contribution in [3.8, 4) is 0 Å². The lowest BCUT2D eigenvalue weighted by atomic mass is 10.0. The number of halogens is 2. The van der Waals surface area contributed by atoms with E-state index in [0.717, 1.165) is 22.1 Å². The Morgan fingerprint density at radius 2 is 1.85 bits per heavy atom. The van der Waals surface area contributed by atoms with Crippen molar-refractivity contribution in [2.24, 2.45) is 0 Å². The summed E-state index contributed by atoms with van der Waals surface area (Å²) in [5.41, 5.74) is 2.79. The summed E-state index contributed by atoms with van der Waals surface area (Å²) in [5, 5.41) is 9.14. The molecular formula is C21H20F2N2S. The molecule has 3 rings (SSSR count). The van der Waals surface area contributed by atoms with E-state index in [0.29, 0.717) is 16.7 Å². The van der Waals surface area contributed by atoms with Crippen molar-refractivity contribution < 1.29 is 8.78 Å². The highest BCUT2D eigenvalue weighted by Gasteiger charge is 2.20. The number of aryl methyl sites for hydroxylation is 1. The first-order valence-electron chi connectivity index (χ1n) is 8.29. The maximum absolute atomic E-state index is 13.9. The third-order valence-corrected chi connectivity index (χ3v) is 5.28. The van der Waals surface area contributed by atoms with Crippen molar-refractivity contribution in [2.45, 2.75) is 37.3 Å². The number of hydrogen-bond acceptors (Lipinski definition) is 3. The highest BCUT2D eigenvalue weighted by atomic mass is 32.2. The molecule has 0 spiro atoms. The molecule has 1 N–H and O–H groups in total. The molecule has 0 radical (unpaired) electrons. The number of hydrogen-bond donors (Lipinski definition) is 1. The highest BCUT2D eigenvalue weighted by molar-refractivity contribution is 8.00. The molecule has 1 aromatic heterocycles. The number of benzene rings is 2. The van der Waals surface area contributed by atoms with Crippen LogP contribution < -0.4 is 0 Å². The molecule has 0 saturated carbocycles. The van der Waals surface area contributed by atoms with Gasteiger partial charge in [-0.1, -0.05) is 39.0 Å². The lowest BCUT2D eigenvalue weighted by Crippen LogP contribution is -2.11. The van der Waals surface area contributed by atoms with Gasteiger partial charge in [-0.3, -0.25) is 10.4 Å². The molecule has 3 aromatic rings. The second kappa shape index (κ2) is 6.80. The minimum atomic E-state index is -0.958. The molecule has 2 aromatic carbocycles. The Bertz CT molecular complexity index is 1010. The number of aromatic nitrogens is 1. The smallest absolute Gasteiger partial charge is 0.184 e. The van der Waals surface area contributed by atoms with E-state index < -0.39 is 11.6 Å². The van der Waals surface area contributed by atoms with E-state index in [1.54, 1.807) is 17.8 Å². The first kappa shape index (κ1) is 18.5. The summed E-state index contributed by atoms with van der Waals surface area (Å²) in [6.07, 6.45) is 1.43. The van der Waals surface area contributed by atoms with Gasteiger partial charge in [0.05, 0.1) is 5.71 Å². The fraction of sp³-hybridized carbons (Fsp3) is 0.238. The van der Waals surface area contributed by atoms with E-state index in [4.69, 9.17) is 5.41 Å². The van der Waals surface area contributed by atoms with E-state index in [2.05, 4.69) is 25.8 Å². The van der Waals surface area contributed by atoms with Gasteiger partial charge in [-0.2, -0.15) is 0 Å². The normalized spacial score (nSPS) is 11.8. The van der Waals surface area contributed by atoms with E-state index in [9.17, 15) is 8.78 Å². The summed E-state index contributed by atoms with van der Waals surface area (Å²) in [5.74, 6) is -1.88. The van der Waals surface area contributed by atoms with Crippen LogP contribution in [0.15, 0.2) is 47.5 Å². The SMILES string of the molecule is Cc1cccc(C(=N)c2cnc3c(F)c(F)ccc3c2)c1SC(C)(C)C. The Hall–Kier alpha value is -2.27. The molecule has 1 heterocycles. The molecule has 2 nitrogen and oxygen atoms in total. The molecule has 26 heavy (non-hydrogen) atoms. The van der Waals surface area contributed by atoms with E-state index >= 15 is 0 Å². The Morgan fingerprint density at radius 1 is 1.12 bits per heavy atom. The monoisotopic (exact) mass is 370 g/mol. The van der Waals surface area contributed by atoms with Gasteiger partial charge in [0.25, 0.3) is 0 Å². The maximum Gasteiger partial charge on any atom is 0.184 e. The predicted octanol–water partition coefficient (Wildman–Crippen LogP) is 6.13. The van der Waals surface area contributed by atoms with Gasteiger partial charge < -0.3 is 0 Å². The number of nitrogens with one attached hydrogen (secondary N) is 1. The van der Waals surface area contributed by atoms with Crippen molar-refractivity contribution >= 4 is 28.4 Å². The van der Waals surface area contributed by atoms with Crippen LogP contribution in [0.3, 0.4) is 0 Å². The lowest BCUT2D eigenvalue weighted by molar-refractivity contribution is 0.515. The molecule has 0 bridgehead atoms. The van der Waals surface area contributed by atoms with Crippen molar-refractivity contribution in [1.82, 2.24) is 4.98 Å². The van der Waals surface area contributed by atoms with Gasteiger partial charge in [0.2, 0.25) is 0 Å². The zero-order chi connectivity index (χ0) is 19.1. The van der Waals surface area contributed by atoms with Crippen molar-refractivity contribution in [2.75, 3.05) is 0 Å². The van der Waals surface area contributed by atoms with Crippen LogP contribution in [0.25, 0.3) is 10.9 Å². The topological polar surface area (TPSA) is 36.7 Å². The minimum absolute atomic E-state index is 0.00341. The van der Waals surface area contributed by atoms with Gasteiger partial charge >= 0.3 is 0 Å². The Labute approximate surface area is 156 Å². The second-order valence-corrected chi connectivity index (χ2v) is 9.04. The molecule has 0 fully saturated rings. The van der Waals surface area contributed by atoms with Gasteiger partial charge in [0.15, 0.2) is 11.6 Å². The molecule has 0 aliphatic carbocycles. The van der Waals surface area contributed by atoms with Crippen LogP contribution in [0.4, 0.5) is 8.78 Å². The zero-order valence-corrected chi connectivity index (χ0v) is 16.0. The molecule has 0 saturated heterocycles. The van der Waals surface area contributed by atoms with Crippen LogP contribution in [0, 0.1) is 24.0 Å². The summed E-state index contributed by atoms with van der Waals surface area (Å²) in [7, 11) is 0. The standard InChI is InChI=1S/C21H20F2N2S/c1-12-6-5-7-15(20(12)26-21(2,3)4)18(24)14-10-13-8-9-16(22)17(23)19(13)25-11-14/h5-11,24H,1-4H3. The number of nitrogens with zero attached hydrogens (tertiary/aromatic N) is 1. The zero-order valence-electron chi connectivity index (χ0n) is 15.2. The quantitative estimate of drug-likeness (QED) is 0.445. The summed E-state index contributed by atoms with van der Waals surface area (Å²) in [6.45, 7) is 8.42. The molecule has 0 aliphatic heterocycles. The minimum Gasteiger partial charge on any atom is -0.300 e. The van der Waals surface area contributed by atoms with Crippen LogP contribution >= 0.6 is 11.8 Å². The Kier molecular flexibility index (Phi) is 4.84. The molecule has 0 amide bonds. The number of pyridine rings is 1.